The Morgan fingerprint density at radius 2 is 1.09 bits per heavy atom. The number of amides is 2. The predicted molar refractivity (Wildman–Crippen MR) is 280 cm³/mol. The van der Waals surface area contributed by atoms with Crippen molar-refractivity contribution in [1.29, 1.82) is 0 Å². The number of aromatic nitrogens is 4. The van der Waals surface area contributed by atoms with Gasteiger partial charge in [-0.1, -0.05) is 54.1 Å². The molecule has 3 saturated heterocycles. The number of rotatable bonds is 11. The highest BCUT2D eigenvalue weighted by Gasteiger charge is 2.52. The summed E-state index contributed by atoms with van der Waals surface area (Å²) >= 11 is 6.28. The van der Waals surface area contributed by atoms with Crippen molar-refractivity contribution in [3.05, 3.63) is 155 Å². The van der Waals surface area contributed by atoms with Gasteiger partial charge in [-0.2, -0.15) is 26.3 Å². The molecule has 0 radical (unpaired) electrons. The minimum Gasteiger partial charge on any atom is -0.484 e. The first kappa shape index (κ1) is 57.9. The summed E-state index contributed by atoms with van der Waals surface area (Å²) in [6, 6.07) is 27.5. The molecule has 13 nitrogen and oxygen atoms in total. The summed E-state index contributed by atoms with van der Waals surface area (Å²) in [4.78, 5) is 46.1. The lowest BCUT2D eigenvalue weighted by atomic mass is 9.81. The molecule has 0 bridgehead atoms. The van der Waals surface area contributed by atoms with Crippen LogP contribution in [0.3, 0.4) is 0 Å². The van der Waals surface area contributed by atoms with E-state index in [2.05, 4.69) is 30.7 Å². The van der Waals surface area contributed by atoms with Crippen LogP contribution in [0.25, 0.3) is 11.1 Å². The number of ether oxygens (including phenoxy) is 3. The number of alkyl halides is 6. The van der Waals surface area contributed by atoms with Crippen molar-refractivity contribution >= 4 is 36.0 Å². The number of likely N-dealkylation sites (tertiary alicyclic amines) is 2. The Kier molecular flexibility index (Phi) is 18.9. The SMILES string of the molecule is COc1ncc(-c2ccccc2C2CCCN(C(=O)c3ccc(OCC(F)(F)F)cc3)C2)cn1.Cc1ncc(B2OC(C)(C)C(C)(C)O2)cn1.O=C(c1ccc(OCC(F)(F)F)cc1)N1CCCC(c2ccccc2Cl)C1. The fraction of sp³-hybridized carbons (Fsp3) is 0.393. The molecule has 3 aliphatic rings. The van der Waals surface area contributed by atoms with E-state index in [-0.39, 0.29) is 53.5 Å². The van der Waals surface area contributed by atoms with E-state index in [1.807, 2.05) is 77.1 Å². The highest BCUT2D eigenvalue weighted by atomic mass is 35.5. The first-order valence-corrected chi connectivity index (χ1v) is 25.4. The molecule has 6 aromatic rings. The van der Waals surface area contributed by atoms with Crippen molar-refractivity contribution in [2.75, 3.05) is 46.5 Å². The number of nitrogens with zero attached hydrogens (tertiary/aromatic N) is 6. The number of piperidine rings is 2. The van der Waals surface area contributed by atoms with Gasteiger partial charge in [0.25, 0.3) is 11.8 Å². The maximum atomic E-state index is 13.1. The Labute approximate surface area is 449 Å². The molecular formula is C56H60BClF6N6O7. The first-order valence-electron chi connectivity index (χ1n) is 25.0. The fourth-order valence-electron chi connectivity index (χ4n) is 8.90. The quantitative estimate of drug-likeness (QED) is 0.0905. The third-order valence-corrected chi connectivity index (χ3v) is 14.0. The zero-order valence-electron chi connectivity index (χ0n) is 43.5. The molecule has 4 aromatic carbocycles. The van der Waals surface area contributed by atoms with Crippen LogP contribution in [0.1, 0.15) is 103 Å². The largest absolute Gasteiger partial charge is 0.498 e. The third kappa shape index (κ3) is 15.9. The van der Waals surface area contributed by atoms with Crippen LogP contribution in [0.5, 0.6) is 17.5 Å². The predicted octanol–water partition coefficient (Wildman–Crippen LogP) is 11.5. The van der Waals surface area contributed by atoms with Crippen LogP contribution < -0.4 is 19.7 Å². The highest BCUT2D eigenvalue weighted by molar-refractivity contribution is 6.61. The third-order valence-electron chi connectivity index (χ3n) is 13.6. The van der Waals surface area contributed by atoms with E-state index in [4.69, 9.17) is 30.4 Å². The zero-order valence-corrected chi connectivity index (χ0v) is 44.3. The number of benzene rings is 4. The standard InChI is InChI=1S/C25H24F3N3O3.C20H19ClF3NO2.C11H17BN2O2/c1-33-24-29-13-19(14-30-24)22-7-3-2-6-21(22)18-5-4-12-31(15-18)23(32)17-8-10-20(11-9-17)34-16-25(26,27)28;21-18-6-2-1-5-17(18)15-4-3-11-25(12-15)19(26)14-7-9-16(10-8-14)27-13-20(22,23)24;1-8-13-6-9(7-14-8)12-15-10(2,3)11(4,5)16-12/h2-3,6-11,13-14,18H,4-5,12,15-16H2,1H3;1-2,5-10,15H,3-4,11-13H2;6-7H,1-5H3. The van der Waals surface area contributed by atoms with Gasteiger partial charge in [0.05, 0.1) is 18.3 Å². The van der Waals surface area contributed by atoms with Crippen molar-refractivity contribution in [3.8, 4) is 28.6 Å². The summed E-state index contributed by atoms with van der Waals surface area (Å²) in [5.74, 6) is 0.903. The molecule has 21 heteroatoms. The van der Waals surface area contributed by atoms with E-state index in [0.29, 0.717) is 48.3 Å². The number of hydrogen-bond donors (Lipinski definition) is 0. The van der Waals surface area contributed by atoms with E-state index in [1.54, 1.807) is 34.6 Å². The summed E-state index contributed by atoms with van der Waals surface area (Å²) in [6.45, 7) is 9.62. The Bertz CT molecular complexity index is 2880. The Morgan fingerprint density at radius 1 is 0.649 bits per heavy atom. The molecule has 2 unspecified atom stereocenters. The van der Waals surface area contributed by atoms with Crippen LogP contribution in [0.2, 0.25) is 5.02 Å². The molecule has 2 atom stereocenters. The van der Waals surface area contributed by atoms with Gasteiger partial charge in [0.15, 0.2) is 13.2 Å². The van der Waals surface area contributed by atoms with Crippen LogP contribution in [-0.2, 0) is 9.31 Å². The minimum atomic E-state index is -4.41. The Hall–Kier alpha value is -6.77. The molecular weight excluding hydrogens is 1030 g/mol. The molecule has 0 saturated carbocycles. The molecule has 0 spiro atoms. The van der Waals surface area contributed by atoms with Gasteiger partial charge in [-0.15, -0.1) is 0 Å². The highest BCUT2D eigenvalue weighted by Crippen LogP contribution is 2.38. The normalized spacial score (nSPS) is 18.0. The monoisotopic (exact) mass is 1090 g/mol. The van der Waals surface area contributed by atoms with Gasteiger partial charge in [0, 0.05) is 90.0 Å². The number of halogens is 7. The van der Waals surface area contributed by atoms with Crippen LogP contribution in [0, 0.1) is 6.92 Å². The molecule has 0 aliphatic carbocycles. The van der Waals surface area contributed by atoms with Gasteiger partial charge in [0.1, 0.15) is 17.3 Å². The first-order chi connectivity index (χ1) is 36.5. The number of hydrogen-bond acceptors (Lipinski definition) is 11. The van der Waals surface area contributed by atoms with Crippen LogP contribution in [0.4, 0.5) is 26.3 Å². The number of aryl methyl sites for hydroxylation is 1. The van der Waals surface area contributed by atoms with Crippen molar-refractivity contribution < 1.29 is 59.5 Å². The van der Waals surface area contributed by atoms with Crippen LogP contribution in [-0.4, -0.2) is 119 Å². The van der Waals surface area contributed by atoms with E-state index in [1.165, 1.54) is 55.6 Å². The number of carbonyl (C=O) groups is 2. The average Bonchev–Trinajstić information content (AvgIpc) is 3.70. The lowest BCUT2D eigenvalue weighted by Gasteiger charge is -2.34. The van der Waals surface area contributed by atoms with E-state index in [9.17, 15) is 35.9 Å². The molecule has 3 aliphatic heterocycles. The van der Waals surface area contributed by atoms with Gasteiger partial charge in [-0.05, 0) is 132 Å². The summed E-state index contributed by atoms with van der Waals surface area (Å²) in [5, 5.41) is 0.697. The van der Waals surface area contributed by atoms with Gasteiger partial charge in [-0.25, -0.2) is 19.9 Å². The summed E-state index contributed by atoms with van der Waals surface area (Å²) in [6.07, 6.45) is 1.75. The van der Waals surface area contributed by atoms with E-state index >= 15 is 0 Å². The molecule has 0 N–H and O–H groups in total. The molecule has 408 valence electrons. The van der Waals surface area contributed by atoms with Gasteiger partial charge >= 0.3 is 25.5 Å². The molecule has 3 fully saturated rings. The van der Waals surface area contributed by atoms with Crippen LogP contribution >= 0.6 is 11.6 Å². The maximum absolute atomic E-state index is 13.1. The smallest absolute Gasteiger partial charge is 0.484 e. The van der Waals surface area contributed by atoms with Gasteiger partial charge in [0.2, 0.25) is 0 Å². The lowest BCUT2D eigenvalue weighted by molar-refractivity contribution is -0.154. The topological polar surface area (TPSA) is 138 Å². The lowest BCUT2D eigenvalue weighted by Crippen LogP contribution is -2.41. The van der Waals surface area contributed by atoms with E-state index in [0.717, 1.165) is 59.2 Å². The second kappa shape index (κ2) is 25.1. The number of carbonyl (C=O) groups excluding carboxylic acids is 2. The van der Waals surface area contributed by atoms with Gasteiger partial charge in [-0.3, -0.25) is 9.59 Å². The van der Waals surface area contributed by atoms with Crippen molar-refractivity contribution in [2.24, 2.45) is 0 Å². The van der Waals surface area contributed by atoms with Crippen LogP contribution in [0.15, 0.2) is 122 Å². The molecule has 9 rings (SSSR count). The molecule has 2 amide bonds. The summed E-state index contributed by atoms with van der Waals surface area (Å²) < 4.78 is 99.8. The second-order valence-electron chi connectivity index (χ2n) is 19.8. The van der Waals surface area contributed by atoms with Crippen molar-refractivity contribution in [2.45, 2.75) is 95.7 Å². The maximum Gasteiger partial charge on any atom is 0.498 e. The molecule has 5 heterocycles. The van der Waals surface area contributed by atoms with Crippen molar-refractivity contribution in [1.82, 2.24) is 29.7 Å². The molecule has 77 heavy (non-hydrogen) atoms. The Balaban J connectivity index is 0.000000178. The number of methoxy groups -OCH3 is 1. The van der Waals surface area contributed by atoms with Crippen molar-refractivity contribution in [3.63, 3.8) is 0 Å². The zero-order chi connectivity index (χ0) is 55.5. The fourth-order valence-corrected chi connectivity index (χ4v) is 9.19. The second-order valence-corrected chi connectivity index (χ2v) is 20.2. The summed E-state index contributed by atoms with van der Waals surface area (Å²) in [5.41, 5.74) is 5.10. The van der Waals surface area contributed by atoms with E-state index < -0.39 is 25.6 Å². The Morgan fingerprint density at radius 3 is 1.55 bits per heavy atom. The van der Waals surface area contributed by atoms with Gasteiger partial charge < -0.3 is 33.3 Å². The summed E-state index contributed by atoms with van der Waals surface area (Å²) in [7, 11) is 1.14. The minimum absolute atomic E-state index is 0.0704. The molecule has 2 aromatic heterocycles. The average molecular weight is 1090 g/mol.